The first-order valence-corrected chi connectivity index (χ1v) is 39.6. The number of carbonyl (C=O) groups excluding carboxylic acids is 16. The number of carbonyl (C=O) groups is 18. The molecule has 16 amide bonds. The topological polar surface area (TPSA) is 745 Å². The Kier molecular flexibility index (Phi) is 42.3. The first-order chi connectivity index (χ1) is 57.0. The van der Waals surface area contributed by atoms with Gasteiger partial charge in [0.05, 0.1) is 37.8 Å². The molecule has 2 aliphatic heterocycles. The first kappa shape index (κ1) is 101. The number of phenols is 1. The van der Waals surface area contributed by atoms with Gasteiger partial charge >= 0.3 is 11.9 Å². The summed E-state index contributed by atoms with van der Waals surface area (Å²) in [7, 11) is 0. The van der Waals surface area contributed by atoms with Crippen LogP contribution in [0.5, 0.6) is 5.75 Å². The summed E-state index contributed by atoms with van der Waals surface area (Å²) in [6.07, 6.45) is -5.36. The van der Waals surface area contributed by atoms with Gasteiger partial charge in [-0.1, -0.05) is 62.7 Å². The van der Waals surface area contributed by atoms with E-state index in [0.717, 1.165) is 30.6 Å². The number of unbranched alkanes of at least 4 members (excludes halogenated alkanes) is 1. The molecule has 45 heteroatoms. The molecule has 0 radical (unpaired) electrons. The average molecular weight is 1710 g/mol. The standard InChI is InChI=1S/C76H117N21O24/c1-38(2)32-50(91-65(110)48(24-26-56(79)102)88-64(109)46(17-11-29-83-76(81)82)87-63(108)45(78)16-9-10-28-77)73(118)96-30-13-19-55(96)70(115)93-53(37-98)68(113)94-60(40(4)99)71(116)84-36-58(104)86-47(25-27-59(105)106)66(111)95-61(41(5)100)72(117)85-39(3)62(107)90-51(35-57(80)103)74(119)97-31-12-18-54(97)69(114)89-49(33-42-14-7-6-8-15-42)67(112)92-52(75(120)121)34-43-20-22-44(101)23-21-43/h6-8,14-15,20-23,38-41,45-55,60-61,98-101H,9-13,16-19,24-37,77-78H2,1-5H3,(H2,79,102)(H2,80,103)(H,84,116)(H,85,117)(H,86,104)(H,87,108)(H,88,109)(H,89,114)(H,90,107)(H,91,110)(H,92,112)(H,93,115)(H,94,113)(H,95,111)(H,105,106)(H,120,121)(H4,81,82,83)/t39-,40+,41+,45-,46-,47-,48-,49-,50-,51-,52-,53-,54-,55-,60-,61-/m0/s1. The highest BCUT2D eigenvalue weighted by Gasteiger charge is 2.44. The van der Waals surface area contributed by atoms with Gasteiger partial charge in [0, 0.05) is 45.3 Å². The van der Waals surface area contributed by atoms with Crippen LogP contribution < -0.4 is 97.8 Å². The summed E-state index contributed by atoms with van der Waals surface area (Å²) in [6, 6.07) is -8.18. The Balaban J connectivity index is 1.41. The van der Waals surface area contributed by atoms with Gasteiger partial charge in [-0.25, -0.2) is 4.79 Å². The van der Waals surface area contributed by atoms with Crippen LogP contribution in [0.2, 0.25) is 0 Å². The van der Waals surface area contributed by atoms with Crippen molar-refractivity contribution in [2.24, 2.45) is 34.6 Å². The van der Waals surface area contributed by atoms with Crippen molar-refractivity contribution in [2.45, 2.75) is 241 Å². The predicted octanol–water partition coefficient (Wildman–Crippen LogP) is -8.76. The summed E-state index contributed by atoms with van der Waals surface area (Å²) in [5.41, 5.74) is 29.0. The summed E-state index contributed by atoms with van der Waals surface area (Å²) < 4.78 is 0. The van der Waals surface area contributed by atoms with E-state index in [-0.39, 0.29) is 108 Å². The Hall–Kier alpha value is -12.2. The second kappa shape index (κ2) is 50.6. The second-order valence-corrected chi connectivity index (χ2v) is 30.0. The zero-order valence-electron chi connectivity index (χ0n) is 68.1. The number of aliphatic carboxylic acids is 2. The number of carboxylic acids is 2. The Morgan fingerprint density at radius 3 is 1.50 bits per heavy atom. The molecular formula is C76H117N21O24. The quantitative estimate of drug-likeness (QED) is 0.0166. The molecule has 0 bridgehead atoms. The molecule has 670 valence electrons. The molecule has 16 atom stereocenters. The fourth-order valence-electron chi connectivity index (χ4n) is 13.1. The molecule has 0 saturated carbocycles. The summed E-state index contributed by atoms with van der Waals surface area (Å²) in [6.45, 7) is 4.65. The van der Waals surface area contributed by atoms with Crippen molar-refractivity contribution in [1.82, 2.24) is 78.9 Å². The number of likely N-dealkylation sites (tertiary alicyclic amines) is 2. The number of benzene rings is 2. The lowest BCUT2D eigenvalue weighted by Crippen LogP contribution is -2.61. The zero-order chi connectivity index (χ0) is 90.5. The fourth-order valence-corrected chi connectivity index (χ4v) is 13.1. The molecule has 2 saturated heterocycles. The van der Waals surface area contributed by atoms with Crippen LogP contribution in [0.25, 0.3) is 0 Å². The lowest BCUT2D eigenvalue weighted by Gasteiger charge is -2.31. The number of amides is 16. The van der Waals surface area contributed by atoms with Gasteiger partial charge in [-0.15, -0.1) is 0 Å². The van der Waals surface area contributed by atoms with E-state index in [1.807, 2.05) is 0 Å². The summed E-state index contributed by atoms with van der Waals surface area (Å²) >= 11 is 0. The molecule has 30 N–H and O–H groups in total. The lowest BCUT2D eigenvalue weighted by atomic mass is 10.0. The number of guanidine groups is 1. The fraction of sp³-hybridized carbons (Fsp3) is 0.592. The molecule has 0 unspecified atom stereocenters. The molecular weight excluding hydrogens is 1590 g/mol. The molecule has 0 spiro atoms. The highest BCUT2D eigenvalue weighted by Crippen LogP contribution is 2.24. The molecule has 2 aromatic carbocycles. The van der Waals surface area contributed by atoms with Crippen LogP contribution in [0.1, 0.15) is 142 Å². The number of phenolic OH excluding ortho intramolecular Hbond substituents is 1. The van der Waals surface area contributed by atoms with Gasteiger partial charge in [-0.3, -0.25) is 86.9 Å². The zero-order valence-corrected chi connectivity index (χ0v) is 68.1. The number of hydrogen-bond acceptors (Lipinski definition) is 25. The smallest absolute Gasteiger partial charge is 0.326 e. The van der Waals surface area contributed by atoms with E-state index in [4.69, 9.17) is 34.1 Å². The number of carboxylic acid groups (broad SMARTS) is 2. The molecule has 0 aliphatic carbocycles. The maximum absolute atomic E-state index is 14.5. The van der Waals surface area contributed by atoms with Crippen LogP contribution in [0.15, 0.2) is 54.6 Å². The van der Waals surface area contributed by atoms with E-state index in [9.17, 15) is 117 Å². The van der Waals surface area contributed by atoms with Gasteiger partial charge in [-0.05, 0) is 127 Å². The van der Waals surface area contributed by atoms with E-state index in [1.54, 1.807) is 44.2 Å². The largest absolute Gasteiger partial charge is 0.508 e. The summed E-state index contributed by atoms with van der Waals surface area (Å²) in [4.78, 5) is 246. The molecule has 4 rings (SSSR count). The number of aliphatic hydroxyl groups is 3. The van der Waals surface area contributed by atoms with Gasteiger partial charge in [0.25, 0.3) is 0 Å². The van der Waals surface area contributed by atoms with Crippen molar-refractivity contribution in [1.29, 1.82) is 5.41 Å². The van der Waals surface area contributed by atoms with Gasteiger partial charge in [0.1, 0.15) is 84.3 Å². The maximum Gasteiger partial charge on any atom is 0.326 e. The van der Waals surface area contributed by atoms with Crippen molar-refractivity contribution >= 4 is 112 Å². The van der Waals surface area contributed by atoms with Gasteiger partial charge in [0.15, 0.2) is 5.96 Å². The third kappa shape index (κ3) is 34.6. The van der Waals surface area contributed by atoms with E-state index in [2.05, 4.69) is 69.1 Å². The SMILES string of the molecule is CC(C)C[C@H](NC(=O)[C@H](CCC(N)=O)NC(=O)[C@H](CCCNC(=N)N)NC(=O)[C@@H](N)CCCCN)C(=O)N1CCC[C@H]1C(=O)N[C@@H](CO)C(=O)N[C@H](C(=O)NCC(=O)N[C@@H](CCC(=O)O)C(=O)N[C@H](C(=O)N[C@@H](C)C(=O)N[C@@H](CC(N)=O)C(=O)N1CCC[C@H]1C(=O)N[C@@H](Cc1ccccc1)C(=O)N[C@@H](Cc1ccc(O)cc1)C(=O)O)[C@@H](C)O)[C@@H](C)O. The minimum Gasteiger partial charge on any atom is -0.508 e. The number of nitrogens with zero attached hydrogens (tertiary/aromatic N) is 2. The van der Waals surface area contributed by atoms with Gasteiger partial charge in [-0.2, -0.15) is 0 Å². The summed E-state index contributed by atoms with van der Waals surface area (Å²) in [5.74, 6) is -20.3. The van der Waals surface area contributed by atoms with Crippen LogP contribution in [0.3, 0.4) is 0 Å². The number of rotatable bonds is 52. The second-order valence-electron chi connectivity index (χ2n) is 30.0. The highest BCUT2D eigenvalue weighted by atomic mass is 16.4. The summed E-state index contributed by atoms with van der Waals surface area (Å²) in [5, 5.41) is 99.6. The van der Waals surface area contributed by atoms with Crippen molar-refractivity contribution in [3.8, 4) is 5.75 Å². The number of primary amides is 2. The highest BCUT2D eigenvalue weighted by molar-refractivity contribution is 6.01. The van der Waals surface area contributed by atoms with Gasteiger partial charge in [0.2, 0.25) is 94.5 Å². The van der Waals surface area contributed by atoms with Crippen molar-refractivity contribution in [3.63, 3.8) is 0 Å². The molecule has 2 fully saturated rings. The Bertz CT molecular complexity index is 3950. The Morgan fingerprint density at radius 1 is 0.488 bits per heavy atom. The Labute approximate surface area is 697 Å². The molecule has 2 heterocycles. The van der Waals surface area contributed by atoms with E-state index < -0.39 is 242 Å². The van der Waals surface area contributed by atoms with E-state index in [0.29, 0.717) is 30.5 Å². The lowest BCUT2D eigenvalue weighted by molar-refractivity contribution is -0.144. The molecule has 2 aliphatic rings. The van der Waals surface area contributed by atoms with E-state index >= 15 is 0 Å². The van der Waals surface area contributed by atoms with Crippen molar-refractivity contribution in [3.05, 3.63) is 65.7 Å². The number of nitrogens with two attached hydrogens (primary N) is 5. The van der Waals surface area contributed by atoms with Crippen LogP contribution >= 0.6 is 0 Å². The number of aliphatic hydroxyl groups excluding tert-OH is 3. The third-order valence-corrected chi connectivity index (χ3v) is 19.6. The van der Waals surface area contributed by atoms with Crippen LogP contribution in [-0.2, 0) is 99.1 Å². The maximum atomic E-state index is 14.5. The van der Waals surface area contributed by atoms with E-state index in [1.165, 1.54) is 24.3 Å². The van der Waals surface area contributed by atoms with Crippen LogP contribution in [-0.4, -0.2) is 289 Å². The third-order valence-electron chi connectivity index (χ3n) is 19.6. The first-order valence-electron chi connectivity index (χ1n) is 39.6. The minimum absolute atomic E-state index is 0.00922. The number of nitrogens with one attached hydrogen (secondary N) is 14. The van der Waals surface area contributed by atoms with Crippen LogP contribution in [0.4, 0.5) is 0 Å². The van der Waals surface area contributed by atoms with Crippen molar-refractivity contribution < 1.29 is 117 Å². The molecule has 121 heavy (non-hydrogen) atoms. The monoisotopic (exact) mass is 1710 g/mol. The number of aromatic hydroxyl groups is 1. The Morgan fingerprint density at radius 2 is 0.967 bits per heavy atom. The minimum atomic E-state index is -2.00. The molecule has 45 nitrogen and oxygen atoms in total. The van der Waals surface area contributed by atoms with Crippen LogP contribution in [0, 0.1) is 11.3 Å². The van der Waals surface area contributed by atoms with Crippen molar-refractivity contribution in [2.75, 3.05) is 39.3 Å². The average Bonchev–Trinajstić information content (AvgIpc) is 1.72. The molecule has 0 aromatic heterocycles. The molecule has 2 aromatic rings. The van der Waals surface area contributed by atoms with Gasteiger partial charge < -0.3 is 138 Å². The predicted molar refractivity (Wildman–Crippen MR) is 428 cm³/mol. The number of hydrogen-bond donors (Lipinski definition) is 25. The normalized spacial score (nSPS) is 17.1.